The normalized spacial score (nSPS) is 24.2. The molecule has 2 aliphatic rings. The van der Waals surface area contributed by atoms with E-state index in [4.69, 9.17) is 4.74 Å². The van der Waals surface area contributed by atoms with Crippen LogP contribution in [0.1, 0.15) is 17.0 Å². The Kier molecular flexibility index (Phi) is 5.20. The summed E-state index contributed by atoms with van der Waals surface area (Å²) in [7, 11) is 0. The van der Waals surface area contributed by atoms with Crippen molar-refractivity contribution in [1.82, 2.24) is 14.8 Å². The van der Waals surface area contributed by atoms with Crippen LogP contribution in [-0.4, -0.2) is 59.6 Å². The molecule has 2 aromatic rings. The first-order chi connectivity index (χ1) is 12.3. The van der Waals surface area contributed by atoms with Gasteiger partial charge in [0.15, 0.2) is 0 Å². The second kappa shape index (κ2) is 7.72. The first kappa shape index (κ1) is 16.8. The van der Waals surface area contributed by atoms with Gasteiger partial charge in [-0.1, -0.05) is 6.07 Å². The number of carbonyl (C=O) groups excluding carboxylic acids is 1. The van der Waals surface area contributed by atoms with E-state index in [9.17, 15) is 4.79 Å². The molecule has 6 heteroatoms. The molecule has 0 aromatic carbocycles. The van der Waals surface area contributed by atoms with Gasteiger partial charge in [-0.05, 0) is 30.0 Å². The van der Waals surface area contributed by atoms with E-state index in [1.807, 2.05) is 34.6 Å². The summed E-state index contributed by atoms with van der Waals surface area (Å²) in [5.41, 5.74) is 1.13. The quantitative estimate of drug-likeness (QED) is 0.892. The molecule has 2 fully saturated rings. The van der Waals surface area contributed by atoms with Crippen LogP contribution in [0.3, 0.4) is 0 Å². The summed E-state index contributed by atoms with van der Waals surface area (Å²) >= 11 is 1.81. The van der Waals surface area contributed by atoms with Gasteiger partial charge in [0, 0.05) is 61.8 Å². The van der Waals surface area contributed by atoms with Gasteiger partial charge in [-0.2, -0.15) is 0 Å². The second-order valence-electron chi connectivity index (χ2n) is 6.98. The van der Waals surface area contributed by atoms with Gasteiger partial charge in [0.2, 0.25) is 5.91 Å². The van der Waals surface area contributed by atoms with Gasteiger partial charge in [0.1, 0.15) is 0 Å². The highest BCUT2D eigenvalue weighted by molar-refractivity contribution is 7.09. The monoisotopic (exact) mass is 359 g/mol. The van der Waals surface area contributed by atoms with Crippen LogP contribution < -0.4 is 0 Å². The van der Waals surface area contributed by atoms with Crippen molar-refractivity contribution < 1.29 is 9.53 Å². The Bertz CT molecular complexity index is 671. The maximum atomic E-state index is 12.6. The average Bonchev–Trinajstić information content (AvgIpc) is 3.34. The van der Waals surface area contributed by atoms with Crippen molar-refractivity contribution in [2.24, 2.45) is 5.92 Å². The molecule has 2 atom stereocenters. The number of nitrogens with zero attached hydrogens (tertiary/aromatic N) is 2. The van der Waals surface area contributed by atoms with Crippen molar-refractivity contribution in [3.05, 3.63) is 46.4 Å². The molecule has 2 aromatic heterocycles. The lowest BCUT2D eigenvalue weighted by atomic mass is 10.1. The predicted octanol–water partition coefficient (Wildman–Crippen LogP) is 2.37. The predicted molar refractivity (Wildman–Crippen MR) is 98.5 cm³/mol. The maximum absolute atomic E-state index is 12.6. The summed E-state index contributed by atoms with van der Waals surface area (Å²) in [6.07, 6.45) is 3.45. The number of fused-ring (bicyclic) bond motifs is 1. The van der Waals surface area contributed by atoms with Crippen LogP contribution in [-0.2, 0) is 22.5 Å². The fourth-order valence-electron chi connectivity index (χ4n) is 3.85. The van der Waals surface area contributed by atoms with Crippen LogP contribution in [0, 0.1) is 5.92 Å². The van der Waals surface area contributed by atoms with Crippen LogP contribution in [0.25, 0.3) is 0 Å². The number of H-pyrrole nitrogens is 1. The summed E-state index contributed by atoms with van der Waals surface area (Å²) in [6, 6.07) is 8.31. The molecular formula is C19H25N3O2S. The SMILES string of the molecule is O=C(CCc1ccc[nH]1)N1C[C@@H]2CN(Cc3cccs3)CCO[C@@H]2C1. The van der Waals surface area contributed by atoms with E-state index in [2.05, 4.69) is 27.4 Å². The summed E-state index contributed by atoms with van der Waals surface area (Å²) in [6.45, 7) is 5.33. The van der Waals surface area contributed by atoms with E-state index >= 15 is 0 Å². The summed E-state index contributed by atoms with van der Waals surface area (Å²) in [4.78, 5) is 21.6. The first-order valence-corrected chi connectivity index (χ1v) is 9.92. The number of ether oxygens (including phenoxy) is 1. The molecule has 0 bridgehead atoms. The van der Waals surface area contributed by atoms with Gasteiger partial charge in [-0.15, -0.1) is 11.3 Å². The zero-order chi connectivity index (χ0) is 17.1. The van der Waals surface area contributed by atoms with Crippen LogP contribution in [0.4, 0.5) is 0 Å². The summed E-state index contributed by atoms with van der Waals surface area (Å²) < 4.78 is 6.07. The van der Waals surface area contributed by atoms with E-state index in [0.29, 0.717) is 12.3 Å². The lowest BCUT2D eigenvalue weighted by Crippen LogP contribution is -2.33. The van der Waals surface area contributed by atoms with E-state index < -0.39 is 0 Å². The van der Waals surface area contributed by atoms with Crippen molar-refractivity contribution in [3.8, 4) is 0 Å². The zero-order valence-electron chi connectivity index (χ0n) is 14.4. The Morgan fingerprint density at radius 3 is 3.04 bits per heavy atom. The first-order valence-electron chi connectivity index (χ1n) is 9.04. The highest BCUT2D eigenvalue weighted by Crippen LogP contribution is 2.25. The van der Waals surface area contributed by atoms with Gasteiger partial charge >= 0.3 is 0 Å². The molecule has 2 aliphatic heterocycles. The standard InChI is InChI=1S/C19H25N3O2S/c23-19(6-5-16-3-1-7-20-16)22-12-15-11-21(8-9-24-18(15)14-22)13-17-4-2-10-25-17/h1-4,7,10,15,18,20H,5-6,8-9,11-14H2/t15-,18+/m0/s1. The zero-order valence-corrected chi connectivity index (χ0v) is 15.2. The molecule has 0 saturated carbocycles. The number of likely N-dealkylation sites (tertiary alicyclic amines) is 1. The van der Waals surface area contributed by atoms with Crippen LogP contribution in [0.15, 0.2) is 35.8 Å². The molecule has 2 saturated heterocycles. The molecule has 0 spiro atoms. The van der Waals surface area contributed by atoms with E-state index in [-0.39, 0.29) is 12.0 Å². The summed E-state index contributed by atoms with van der Waals surface area (Å²) in [5.74, 6) is 0.674. The second-order valence-corrected chi connectivity index (χ2v) is 8.01. The molecule has 1 amide bonds. The van der Waals surface area contributed by atoms with Crippen molar-refractivity contribution in [3.63, 3.8) is 0 Å². The number of nitrogens with one attached hydrogen (secondary N) is 1. The average molecular weight is 359 g/mol. The number of amides is 1. The molecule has 134 valence electrons. The number of hydrogen-bond donors (Lipinski definition) is 1. The largest absolute Gasteiger partial charge is 0.375 e. The third-order valence-corrected chi connectivity index (χ3v) is 6.06. The molecule has 4 heterocycles. The van der Waals surface area contributed by atoms with Gasteiger partial charge in [0.05, 0.1) is 12.7 Å². The number of hydrogen-bond acceptors (Lipinski definition) is 4. The Morgan fingerprint density at radius 2 is 2.24 bits per heavy atom. The van der Waals surface area contributed by atoms with Crippen LogP contribution in [0.5, 0.6) is 0 Å². The van der Waals surface area contributed by atoms with E-state index in [1.165, 1.54) is 4.88 Å². The smallest absolute Gasteiger partial charge is 0.223 e. The Labute approximate surface area is 152 Å². The molecule has 4 rings (SSSR count). The lowest BCUT2D eigenvalue weighted by Gasteiger charge is -2.22. The maximum Gasteiger partial charge on any atom is 0.223 e. The fraction of sp³-hybridized carbons (Fsp3) is 0.526. The van der Waals surface area contributed by atoms with Gasteiger partial charge < -0.3 is 14.6 Å². The highest BCUT2D eigenvalue weighted by Gasteiger charge is 2.38. The van der Waals surface area contributed by atoms with Crippen molar-refractivity contribution in [2.75, 3.05) is 32.8 Å². The third kappa shape index (κ3) is 4.14. The number of rotatable bonds is 5. The molecule has 25 heavy (non-hydrogen) atoms. The number of carbonyl (C=O) groups is 1. The molecular weight excluding hydrogens is 334 g/mol. The number of thiophene rings is 1. The molecule has 1 N–H and O–H groups in total. The van der Waals surface area contributed by atoms with Gasteiger partial charge in [-0.25, -0.2) is 0 Å². The molecule has 0 unspecified atom stereocenters. The number of aromatic amines is 1. The minimum Gasteiger partial charge on any atom is -0.375 e. The molecule has 0 radical (unpaired) electrons. The fourth-order valence-corrected chi connectivity index (χ4v) is 4.60. The highest BCUT2D eigenvalue weighted by atomic mass is 32.1. The third-order valence-electron chi connectivity index (χ3n) is 5.20. The van der Waals surface area contributed by atoms with Crippen LogP contribution >= 0.6 is 11.3 Å². The van der Waals surface area contributed by atoms with Crippen molar-refractivity contribution in [2.45, 2.75) is 25.5 Å². The summed E-state index contributed by atoms with van der Waals surface area (Å²) in [5, 5.41) is 2.13. The minimum absolute atomic E-state index is 0.197. The van der Waals surface area contributed by atoms with Gasteiger partial charge in [0.25, 0.3) is 0 Å². The van der Waals surface area contributed by atoms with Crippen molar-refractivity contribution in [1.29, 1.82) is 0 Å². The van der Waals surface area contributed by atoms with Crippen LogP contribution in [0.2, 0.25) is 0 Å². The van der Waals surface area contributed by atoms with E-state index in [1.54, 1.807) is 0 Å². The molecule has 0 aliphatic carbocycles. The Balaban J connectivity index is 1.31. The van der Waals surface area contributed by atoms with Gasteiger partial charge in [-0.3, -0.25) is 9.69 Å². The lowest BCUT2D eigenvalue weighted by molar-refractivity contribution is -0.130. The Morgan fingerprint density at radius 1 is 1.28 bits per heavy atom. The number of aryl methyl sites for hydroxylation is 1. The minimum atomic E-state index is 0.197. The van der Waals surface area contributed by atoms with Crippen molar-refractivity contribution >= 4 is 17.2 Å². The molecule has 5 nitrogen and oxygen atoms in total. The Hall–Kier alpha value is -1.63. The topological polar surface area (TPSA) is 48.6 Å². The van der Waals surface area contributed by atoms with E-state index in [0.717, 1.165) is 51.4 Å². The number of aromatic nitrogens is 1.